The fourth-order valence-corrected chi connectivity index (χ4v) is 5.11. The molecule has 5 rings (SSSR count). The summed E-state index contributed by atoms with van der Waals surface area (Å²) in [7, 11) is 2.32. The van der Waals surface area contributed by atoms with Gasteiger partial charge >= 0.3 is 0 Å². The van der Waals surface area contributed by atoms with Gasteiger partial charge in [-0.05, 0) is 69.5 Å². The van der Waals surface area contributed by atoms with E-state index in [1.54, 1.807) is 11.3 Å². The number of pyridine rings is 1. The first-order valence-electron chi connectivity index (χ1n) is 9.87. The van der Waals surface area contributed by atoms with Gasteiger partial charge in [0.05, 0.1) is 0 Å². The minimum atomic E-state index is 0.607. The molecule has 3 heteroatoms. The lowest BCUT2D eigenvalue weighted by Gasteiger charge is -2.32. The second-order valence-electron chi connectivity index (χ2n) is 8.21. The highest BCUT2D eigenvalue weighted by Crippen LogP contribution is 2.46. The van der Waals surface area contributed by atoms with E-state index in [4.69, 9.17) is 0 Å². The number of aromatic nitrogens is 2. The Morgan fingerprint density at radius 3 is 2.81 bits per heavy atom. The molecule has 0 spiro atoms. The summed E-state index contributed by atoms with van der Waals surface area (Å²) in [5.41, 5.74) is 8.41. The second-order valence-corrected chi connectivity index (χ2v) is 8.21. The summed E-state index contributed by atoms with van der Waals surface area (Å²) in [5, 5.41) is 1.49. The molecule has 134 valence electrons. The van der Waals surface area contributed by atoms with Gasteiger partial charge in [-0.2, -0.15) is 0 Å². The van der Waals surface area contributed by atoms with E-state index in [0.717, 1.165) is 24.7 Å². The average Bonchev–Trinajstić information content (AvgIpc) is 3.04. The van der Waals surface area contributed by atoms with E-state index in [9.17, 15) is 0 Å². The molecule has 2 aliphatic rings. The summed E-state index contributed by atoms with van der Waals surface area (Å²) in [6, 6.07) is 12.7. The van der Waals surface area contributed by atoms with Crippen LogP contribution in [0, 0.1) is 13.8 Å². The molecule has 0 amide bonds. The summed E-state index contributed by atoms with van der Waals surface area (Å²) < 4.78 is 2.61. The minimum absolute atomic E-state index is 0.607. The van der Waals surface area contributed by atoms with Crippen LogP contribution >= 0.6 is 0 Å². The van der Waals surface area contributed by atoms with Crippen LogP contribution in [0.4, 0.5) is 0 Å². The van der Waals surface area contributed by atoms with Crippen LogP contribution < -0.4 is 0 Å². The summed E-state index contributed by atoms with van der Waals surface area (Å²) in [6.45, 7) is 5.31. The summed E-state index contributed by atoms with van der Waals surface area (Å²) in [4.78, 5) is 7.09. The van der Waals surface area contributed by atoms with Crippen molar-refractivity contribution in [2.45, 2.75) is 58.2 Å². The van der Waals surface area contributed by atoms with E-state index in [0.29, 0.717) is 6.04 Å². The van der Waals surface area contributed by atoms with Crippen molar-refractivity contribution in [1.29, 1.82) is 0 Å². The molecule has 1 fully saturated rings. The SMILES string of the molecule is Cc1ccc2c(c1)c1c(n2CCc2ccc(C)nc2)C[C@@H]2CC[C@H]1N2C. The summed E-state index contributed by atoms with van der Waals surface area (Å²) in [5.74, 6) is 0. The van der Waals surface area contributed by atoms with Gasteiger partial charge in [0.15, 0.2) is 0 Å². The Balaban J connectivity index is 1.59. The van der Waals surface area contributed by atoms with Crippen LogP contribution in [0.2, 0.25) is 0 Å². The lowest BCUT2D eigenvalue weighted by atomic mass is 9.97. The first kappa shape index (κ1) is 16.1. The Labute approximate surface area is 155 Å². The molecule has 26 heavy (non-hydrogen) atoms. The number of hydrogen-bond donors (Lipinski definition) is 0. The molecule has 0 saturated carbocycles. The predicted molar refractivity (Wildman–Crippen MR) is 107 cm³/mol. The topological polar surface area (TPSA) is 21.1 Å². The van der Waals surface area contributed by atoms with E-state index in [-0.39, 0.29) is 0 Å². The second kappa shape index (κ2) is 5.95. The number of nitrogens with zero attached hydrogens (tertiary/aromatic N) is 3. The van der Waals surface area contributed by atoms with Crippen molar-refractivity contribution in [3.63, 3.8) is 0 Å². The molecule has 2 aromatic heterocycles. The van der Waals surface area contributed by atoms with Gasteiger partial charge in [0, 0.05) is 53.5 Å². The van der Waals surface area contributed by atoms with Gasteiger partial charge in [-0.1, -0.05) is 17.7 Å². The van der Waals surface area contributed by atoms with E-state index in [2.05, 4.69) is 58.8 Å². The lowest BCUT2D eigenvalue weighted by molar-refractivity contribution is 0.222. The van der Waals surface area contributed by atoms with Crippen LogP contribution in [-0.4, -0.2) is 27.5 Å². The highest BCUT2D eigenvalue weighted by atomic mass is 15.2. The van der Waals surface area contributed by atoms with Crippen LogP contribution in [0.25, 0.3) is 10.9 Å². The molecule has 1 aromatic carbocycles. The molecule has 0 N–H and O–H groups in total. The number of likely N-dealkylation sites (N-methyl/N-ethyl adjacent to an activating group) is 1. The highest BCUT2D eigenvalue weighted by molar-refractivity contribution is 5.87. The normalized spacial score (nSPS) is 22.1. The van der Waals surface area contributed by atoms with Gasteiger partial charge in [0.1, 0.15) is 0 Å². The van der Waals surface area contributed by atoms with Crippen molar-refractivity contribution in [3.05, 3.63) is 64.6 Å². The third kappa shape index (κ3) is 2.41. The van der Waals surface area contributed by atoms with Gasteiger partial charge in [0.2, 0.25) is 0 Å². The predicted octanol–water partition coefficient (Wildman–Crippen LogP) is 4.59. The first-order valence-corrected chi connectivity index (χ1v) is 9.87. The van der Waals surface area contributed by atoms with Gasteiger partial charge in [-0.25, -0.2) is 0 Å². The molecule has 0 unspecified atom stereocenters. The molecule has 2 aliphatic heterocycles. The molecule has 0 radical (unpaired) electrons. The molecule has 1 saturated heterocycles. The van der Waals surface area contributed by atoms with Crippen molar-refractivity contribution in [2.75, 3.05) is 7.05 Å². The number of hydrogen-bond acceptors (Lipinski definition) is 2. The maximum atomic E-state index is 4.47. The number of fused-ring (bicyclic) bond motifs is 6. The Bertz CT molecular complexity index is 967. The Kier molecular flexibility index (Phi) is 3.68. The van der Waals surface area contributed by atoms with Crippen LogP contribution in [0.15, 0.2) is 36.5 Å². The van der Waals surface area contributed by atoms with Crippen LogP contribution in [0.1, 0.15) is 47.0 Å². The van der Waals surface area contributed by atoms with Crippen LogP contribution in [0.3, 0.4) is 0 Å². The molecule has 3 nitrogen and oxygen atoms in total. The molecule has 0 aliphatic carbocycles. The zero-order valence-corrected chi connectivity index (χ0v) is 16.0. The molecular weight excluding hydrogens is 318 g/mol. The number of benzene rings is 1. The van der Waals surface area contributed by atoms with Crippen LogP contribution in [-0.2, 0) is 19.4 Å². The van der Waals surface area contributed by atoms with E-state index < -0.39 is 0 Å². The Morgan fingerprint density at radius 2 is 2.00 bits per heavy atom. The first-order chi connectivity index (χ1) is 12.6. The quantitative estimate of drug-likeness (QED) is 0.692. The lowest BCUT2D eigenvalue weighted by Crippen LogP contribution is -2.34. The van der Waals surface area contributed by atoms with E-state index in [1.807, 2.05) is 13.1 Å². The largest absolute Gasteiger partial charge is 0.344 e. The zero-order valence-electron chi connectivity index (χ0n) is 16.0. The smallest absolute Gasteiger partial charge is 0.0486 e. The molecule has 2 bridgehead atoms. The molecular formula is C23H27N3. The molecule has 4 heterocycles. The fraction of sp³-hybridized carbons (Fsp3) is 0.435. The van der Waals surface area contributed by atoms with Crippen molar-refractivity contribution in [3.8, 4) is 0 Å². The van der Waals surface area contributed by atoms with Crippen molar-refractivity contribution in [2.24, 2.45) is 0 Å². The average molecular weight is 345 g/mol. The van der Waals surface area contributed by atoms with Gasteiger partial charge in [-0.3, -0.25) is 9.88 Å². The monoisotopic (exact) mass is 345 g/mol. The minimum Gasteiger partial charge on any atom is -0.344 e. The van der Waals surface area contributed by atoms with E-state index in [1.165, 1.54) is 41.3 Å². The van der Waals surface area contributed by atoms with Gasteiger partial charge < -0.3 is 4.57 Å². The standard InChI is InChI=1S/C23H27N3/c1-15-4-8-20-19(12-15)23-21-9-7-18(25(21)3)13-22(23)26(20)11-10-17-6-5-16(2)24-14-17/h4-6,8,12,14,18,21H,7,9-11,13H2,1-3H3/t18-,21+/m0/s1. The maximum absolute atomic E-state index is 4.47. The van der Waals surface area contributed by atoms with Crippen molar-refractivity contribution >= 4 is 10.9 Å². The number of rotatable bonds is 3. The fourth-order valence-electron chi connectivity index (χ4n) is 5.11. The zero-order chi connectivity index (χ0) is 17.8. The Hall–Kier alpha value is -2.13. The Morgan fingerprint density at radius 1 is 1.12 bits per heavy atom. The molecule has 3 aromatic rings. The third-order valence-corrected chi connectivity index (χ3v) is 6.57. The summed E-state index contributed by atoms with van der Waals surface area (Å²) >= 11 is 0. The van der Waals surface area contributed by atoms with Crippen LogP contribution in [0.5, 0.6) is 0 Å². The third-order valence-electron chi connectivity index (χ3n) is 6.57. The highest BCUT2D eigenvalue weighted by Gasteiger charge is 2.40. The maximum Gasteiger partial charge on any atom is 0.0486 e. The van der Waals surface area contributed by atoms with Crippen molar-refractivity contribution in [1.82, 2.24) is 14.5 Å². The number of aryl methyl sites for hydroxylation is 4. The van der Waals surface area contributed by atoms with Crippen molar-refractivity contribution < 1.29 is 0 Å². The van der Waals surface area contributed by atoms with Gasteiger partial charge in [-0.15, -0.1) is 0 Å². The summed E-state index contributed by atoms with van der Waals surface area (Å²) in [6.07, 6.45) is 6.92. The van der Waals surface area contributed by atoms with E-state index >= 15 is 0 Å². The van der Waals surface area contributed by atoms with Gasteiger partial charge in [0.25, 0.3) is 0 Å². The molecule has 2 atom stereocenters.